The SMILES string of the molecule is COC(=O)CSc1cc(/N=c2\sc(=O)n3n2CCCC3)c(F)cc1Cl.CP(=O)(O)CCC(N)C(=O)O.O=C(Nc1nc(OC(F)F)cc(OC(F)F)n1)NS(=O)(=O)c1ccccc1C(=O)O. The molecular formula is C34H37ClF5N8O14PS3. The number of hydrogen-bond donors (Lipinski definition) is 6. The first-order chi connectivity index (χ1) is 30.8. The van der Waals surface area contributed by atoms with Crippen molar-refractivity contribution in [2.24, 2.45) is 10.7 Å². The molecule has 2 aromatic carbocycles. The van der Waals surface area contributed by atoms with Crippen LogP contribution in [0.25, 0.3) is 0 Å². The average molecular weight is 1040 g/mol. The first kappa shape index (κ1) is 54.7. The summed E-state index contributed by atoms with van der Waals surface area (Å²) >= 11 is 8.17. The molecule has 3 heterocycles. The number of ether oxygens (including phenoxy) is 3. The summed E-state index contributed by atoms with van der Waals surface area (Å²) in [7, 11) is -6.52. The molecule has 0 saturated carbocycles. The Morgan fingerprint density at radius 3 is 2.17 bits per heavy atom. The Bertz CT molecular complexity index is 2660. The van der Waals surface area contributed by atoms with E-state index < -0.39 is 94.6 Å². The first-order valence-corrected chi connectivity index (χ1v) is 24.0. The molecule has 7 N–H and O–H groups in total. The van der Waals surface area contributed by atoms with Gasteiger partial charge in [0.05, 0.1) is 29.5 Å². The molecule has 1 aliphatic heterocycles. The van der Waals surface area contributed by atoms with Gasteiger partial charge in [0.2, 0.25) is 22.5 Å². The van der Waals surface area contributed by atoms with E-state index in [4.69, 9.17) is 32.4 Å². The number of nitrogens with one attached hydrogen (secondary N) is 2. The van der Waals surface area contributed by atoms with Crippen molar-refractivity contribution < 1.29 is 83.4 Å². The number of sulfonamides is 1. The van der Waals surface area contributed by atoms with E-state index in [2.05, 4.69) is 29.2 Å². The van der Waals surface area contributed by atoms with Gasteiger partial charge in [-0.1, -0.05) is 23.7 Å². The van der Waals surface area contributed by atoms with Crippen molar-refractivity contribution in [1.29, 1.82) is 0 Å². The minimum Gasteiger partial charge on any atom is -0.480 e. The summed E-state index contributed by atoms with van der Waals surface area (Å²) in [6.07, 6.45) is 1.90. The van der Waals surface area contributed by atoms with Gasteiger partial charge in [-0.15, -0.1) is 11.8 Å². The quantitative estimate of drug-likeness (QED) is 0.0393. The minimum atomic E-state index is -4.71. The van der Waals surface area contributed by atoms with Crippen LogP contribution in [-0.2, 0) is 42.0 Å². The number of benzene rings is 2. The smallest absolute Gasteiger partial charge is 0.388 e. The molecule has 2 atom stereocenters. The summed E-state index contributed by atoms with van der Waals surface area (Å²) < 4.78 is 116. The van der Waals surface area contributed by atoms with Crippen LogP contribution >= 0.6 is 42.1 Å². The average Bonchev–Trinajstić information content (AvgIpc) is 3.53. The molecule has 2 aromatic heterocycles. The number of nitrogens with zero attached hydrogens (tertiary/aromatic N) is 5. The van der Waals surface area contributed by atoms with E-state index >= 15 is 0 Å². The molecule has 2 amide bonds. The number of halogens is 6. The number of aromatic nitrogens is 4. The van der Waals surface area contributed by atoms with Crippen LogP contribution in [0.4, 0.5) is 38.4 Å². The Morgan fingerprint density at radius 1 is 1.03 bits per heavy atom. The van der Waals surface area contributed by atoms with Gasteiger partial charge in [0.15, 0.2) is 7.37 Å². The Morgan fingerprint density at radius 2 is 1.62 bits per heavy atom. The number of alkyl halides is 4. The number of anilines is 1. The van der Waals surface area contributed by atoms with Crippen LogP contribution < -0.4 is 34.9 Å². The number of esters is 1. The fraction of sp³-hybridized carbons (Fsp3) is 0.353. The Balaban J connectivity index is 0.000000289. The standard InChI is InChI=1S/C15H15ClFN3O3S2.C14H10F4N4O7S.C5H12NO4P/c1-23-13(21)8-24-12-7-11(10(17)6-9(12)16)18-14-19-4-2-3-5-20(19)15(22)25-14;15-11(16)28-8-5-9(29-12(17)18)20-13(19-8)21-14(25)22-30(26,27)7-4-2-1-3-6(7)10(23)24;1-11(9,10)3-2-4(6)5(7)8/h6-7H,2-5,8H2,1H3;1-5,11-12H,(H,23,24)(H2,19,20,21,22,25);4H,2-3,6H2,1H3,(H,7,8)(H,9,10)/b18-14-;;. The Kier molecular flexibility index (Phi) is 20.5. The predicted molar refractivity (Wildman–Crippen MR) is 224 cm³/mol. The van der Waals surface area contributed by atoms with Gasteiger partial charge in [-0.3, -0.25) is 28.9 Å². The fourth-order valence-electron chi connectivity index (χ4n) is 4.88. The number of aliphatic carboxylic acids is 1. The van der Waals surface area contributed by atoms with Crippen LogP contribution in [0.5, 0.6) is 11.8 Å². The molecule has 0 saturated heterocycles. The minimum absolute atomic E-state index is 0.0412. The third-order valence-electron chi connectivity index (χ3n) is 7.81. The number of urea groups is 1. The van der Waals surface area contributed by atoms with E-state index in [0.717, 1.165) is 54.1 Å². The van der Waals surface area contributed by atoms with E-state index in [1.807, 2.05) is 0 Å². The molecule has 4 aromatic rings. The highest BCUT2D eigenvalue weighted by atomic mass is 35.5. The van der Waals surface area contributed by atoms with Crippen molar-refractivity contribution in [3.05, 3.63) is 73.3 Å². The van der Waals surface area contributed by atoms with Gasteiger partial charge in [0, 0.05) is 30.8 Å². The van der Waals surface area contributed by atoms with Crippen LogP contribution in [0.2, 0.25) is 5.02 Å². The van der Waals surface area contributed by atoms with Gasteiger partial charge >= 0.3 is 42.0 Å². The number of amides is 2. The van der Waals surface area contributed by atoms with E-state index in [9.17, 15) is 58.9 Å². The lowest BCUT2D eigenvalue weighted by atomic mass is 10.2. The van der Waals surface area contributed by atoms with Crippen LogP contribution in [0.15, 0.2) is 62.0 Å². The number of thioether (sulfide) groups is 1. The number of carbonyl (C=O) groups excluding carboxylic acids is 2. The van der Waals surface area contributed by atoms with Crippen molar-refractivity contribution in [3.63, 3.8) is 0 Å². The number of nitrogens with two attached hydrogens (primary N) is 1. The lowest BCUT2D eigenvalue weighted by Crippen LogP contribution is -2.35. The Labute approximate surface area is 382 Å². The zero-order valence-corrected chi connectivity index (χ0v) is 37.9. The molecule has 32 heteroatoms. The van der Waals surface area contributed by atoms with Crippen molar-refractivity contribution >= 4 is 87.7 Å². The van der Waals surface area contributed by atoms with Crippen molar-refractivity contribution in [1.82, 2.24) is 24.1 Å². The molecule has 2 unspecified atom stereocenters. The largest absolute Gasteiger partial charge is 0.480 e. The van der Waals surface area contributed by atoms with Gasteiger partial charge < -0.3 is 35.1 Å². The van der Waals surface area contributed by atoms with Crippen molar-refractivity contribution in [2.75, 3.05) is 31.0 Å². The molecule has 22 nitrogen and oxygen atoms in total. The molecule has 1 aliphatic rings. The summed E-state index contributed by atoms with van der Waals surface area (Å²) in [6, 6.07) is 4.84. The van der Waals surface area contributed by atoms with Gasteiger partial charge in [0.25, 0.3) is 10.0 Å². The maximum Gasteiger partial charge on any atom is 0.388 e. The number of carboxylic acid groups (broad SMARTS) is 2. The summed E-state index contributed by atoms with van der Waals surface area (Å²) in [5.74, 6) is -6.52. The van der Waals surface area contributed by atoms with Crippen molar-refractivity contribution in [2.45, 2.75) is 61.4 Å². The van der Waals surface area contributed by atoms with Gasteiger partial charge in [-0.05, 0) is 54.9 Å². The molecule has 0 aliphatic carbocycles. The number of carbonyl (C=O) groups is 4. The lowest BCUT2D eigenvalue weighted by molar-refractivity contribution is -0.139. The fourth-order valence-corrected chi connectivity index (χ4v) is 8.73. The maximum absolute atomic E-state index is 14.3. The molecule has 362 valence electrons. The monoisotopic (exact) mass is 1040 g/mol. The molecule has 5 rings (SSSR count). The number of hydrogen-bond acceptors (Lipinski definition) is 17. The zero-order valence-electron chi connectivity index (χ0n) is 33.8. The summed E-state index contributed by atoms with van der Waals surface area (Å²) in [5, 5.41) is 19.2. The van der Waals surface area contributed by atoms with E-state index in [-0.39, 0.29) is 33.9 Å². The number of fused-ring (bicyclic) bond motifs is 1. The van der Waals surface area contributed by atoms with Crippen LogP contribution in [0.1, 0.15) is 29.6 Å². The highest BCUT2D eigenvalue weighted by Crippen LogP contribution is 2.36. The second-order valence-corrected chi connectivity index (χ2v) is 19.4. The summed E-state index contributed by atoms with van der Waals surface area (Å²) in [6.45, 7) is -4.31. The number of carboxylic acids is 2. The van der Waals surface area contributed by atoms with Crippen molar-refractivity contribution in [3.8, 4) is 11.8 Å². The maximum atomic E-state index is 14.3. The van der Waals surface area contributed by atoms with E-state index in [0.29, 0.717) is 28.9 Å². The normalized spacial score (nSPS) is 13.7. The Hall–Kier alpha value is -5.65. The van der Waals surface area contributed by atoms with Crippen LogP contribution in [-0.4, -0.2) is 112 Å². The third kappa shape index (κ3) is 17.6. The molecular weight excluding hydrogens is 1000 g/mol. The van der Waals surface area contributed by atoms with Gasteiger partial charge in [0.1, 0.15) is 22.4 Å². The summed E-state index contributed by atoms with van der Waals surface area (Å²) in [4.78, 5) is 76.2. The molecule has 0 bridgehead atoms. The topological polar surface area (TPSA) is 323 Å². The lowest BCUT2D eigenvalue weighted by Gasteiger charge is -2.15. The zero-order chi connectivity index (χ0) is 49.5. The number of methoxy groups -OCH3 is 1. The van der Waals surface area contributed by atoms with Gasteiger partial charge in [-0.25, -0.2) is 36.8 Å². The first-order valence-electron chi connectivity index (χ1n) is 18.1. The second-order valence-electron chi connectivity index (χ2n) is 12.8. The highest BCUT2D eigenvalue weighted by molar-refractivity contribution is 8.00. The molecule has 66 heavy (non-hydrogen) atoms. The molecule has 0 radical (unpaired) electrons. The number of aromatic carboxylic acids is 1. The number of rotatable bonds is 16. The van der Waals surface area contributed by atoms with Crippen LogP contribution in [0.3, 0.4) is 0 Å². The van der Waals surface area contributed by atoms with E-state index in [1.165, 1.54) is 36.7 Å². The summed E-state index contributed by atoms with van der Waals surface area (Å²) in [5.41, 5.74) is 4.53. The van der Waals surface area contributed by atoms with Gasteiger partial charge in [-0.2, -0.15) is 27.5 Å². The molecule has 0 fully saturated rings. The van der Waals surface area contributed by atoms with Crippen LogP contribution in [0, 0.1) is 5.82 Å². The van der Waals surface area contributed by atoms with E-state index in [1.54, 1.807) is 14.7 Å². The predicted octanol–water partition coefficient (Wildman–Crippen LogP) is 4.37. The third-order valence-corrected chi connectivity index (χ3v) is 12.6. The highest BCUT2D eigenvalue weighted by Gasteiger charge is 2.25. The second kappa shape index (κ2) is 24.8. The molecule has 0 spiro atoms.